The van der Waals surface area contributed by atoms with E-state index in [0.29, 0.717) is 12.1 Å². The molecule has 2 rings (SSSR count). The van der Waals surface area contributed by atoms with Gasteiger partial charge in [-0.05, 0) is 31.9 Å². The van der Waals surface area contributed by atoms with Gasteiger partial charge in [-0.25, -0.2) is 0 Å². The molecule has 2 atom stereocenters. The first-order valence-electron chi connectivity index (χ1n) is 6.38. The maximum atomic E-state index is 3.61. The van der Waals surface area contributed by atoms with E-state index in [1.54, 1.807) is 0 Å². The lowest BCUT2D eigenvalue weighted by atomic mass is 10.0. The summed E-state index contributed by atoms with van der Waals surface area (Å²) in [5.74, 6) is 0. The SMILES string of the molecule is CC(NCC1CCCCN1)c1ccccc1. The highest BCUT2D eigenvalue weighted by molar-refractivity contribution is 5.18. The number of nitrogens with one attached hydrogen (secondary N) is 2. The maximum Gasteiger partial charge on any atom is 0.0292 e. The molecule has 1 aromatic rings. The summed E-state index contributed by atoms with van der Waals surface area (Å²) in [7, 11) is 0. The van der Waals surface area contributed by atoms with Gasteiger partial charge in [0.05, 0.1) is 0 Å². The second kappa shape index (κ2) is 6.02. The van der Waals surface area contributed by atoms with Crippen LogP contribution >= 0.6 is 0 Å². The highest BCUT2D eigenvalue weighted by atomic mass is 15.0. The Balaban J connectivity index is 1.77. The Morgan fingerprint density at radius 1 is 1.31 bits per heavy atom. The van der Waals surface area contributed by atoms with E-state index in [9.17, 15) is 0 Å². The van der Waals surface area contributed by atoms with Crippen molar-refractivity contribution in [2.75, 3.05) is 13.1 Å². The van der Waals surface area contributed by atoms with Crippen molar-refractivity contribution < 1.29 is 0 Å². The van der Waals surface area contributed by atoms with E-state index in [2.05, 4.69) is 47.9 Å². The number of benzene rings is 1. The van der Waals surface area contributed by atoms with Crippen molar-refractivity contribution in [3.05, 3.63) is 35.9 Å². The normalized spacial score (nSPS) is 22.9. The Bertz CT molecular complexity index is 291. The minimum Gasteiger partial charge on any atom is -0.313 e. The first-order chi connectivity index (χ1) is 7.86. The van der Waals surface area contributed by atoms with Gasteiger partial charge in [0.1, 0.15) is 0 Å². The summed E-state index contributed by atoms with van der Waals surface area (Å²) in [5.41, 5.74) is 1.37. The Morgan fingerprint density at radius 2 is 2.12 bits per heavy atom. The van der Waals surface area contributed by atoms with Crippen LogP contribution in [0.25, 0.3) is 0 Å². The van der Waals surface area contributed by atoms with Gasteiger partial charge in [-0.1, -0.05) is 36.8 Å². The summed E-state index contributed by atoms with van der Waals surface area (Å²) in [6.45, 7) is 4.50. The van der Waals surface area contributed by atoms with Crippen molar-refractivity contribution in [2.24, 2.45) is 0 Å². The third kappa shape index (κ3) is 3.32. The van der Waals surface area contributed by atoms with Crippen LogP contribution in [0.5, 0.6) is 0 Å². The van der Waals surface area contributed by atoms with Crippen LogP contribution in [-0.2, 0) is 0 Å². The van der Waals surface area contributed by atoms with Crippen molar-refractivity contribution in [3.8, 4) is 0 Å². The van der Waals surface area contributed by atoms with Crippen LogP contribution in [0.4, 0.5) is 0 Å². The van der Waals surface area contributed by atoms with E-state index in [-0.39, 0.29) is 0 Å². The molecule has 0 bridgehead atoms. The number of hydrogen-bond donors (Lipinski definition) is 2. The quantitative estimate of drug-likeness (QED) is 0.811. The summed E-state index contributed by atoms with van der Waals surface area (Å²) in [6.07, 6.45) is 4.03. The first-order valence-corrected chi connectivity index (χ1v) is 6.38. The molecule has 2 N–H and O–H groups in total. The van der Waals surface area contributed by atoms with E-state index in [4.69, 9.17) is 0 Å². The molecule has 1 aromatic carbocycles. The molecule has 2 unspecified atom stereocenters. The largest absolute Gasteiger partial charge is 0.313 e. The van der Waals surface area contributed by atoms with Gasteiger partial charge < -0.3 is 10.6 Å². The summed E-state index contributed by atoms with van der Waals surface area (Å²) in [5, 5.41) is 7.17. The van der Waals surface area contributed by atoms with Crippen molar-refractivity contribution in [3.63, 3.8) is 0 Å². The molecule has 0 spiro atoms. The van der Waals surface area contributed by atoms with E-state index >= 15 is 0 Å². The number of hydrogen-bond acceptors (Lipinski definition) is 2. The zero-order chi connectivity index (χ0) is 11.2. The number of piperidine rings is 1. The summed E-state index contributed by atoms with van der Waals surface area (Å²) < 4.78 is 0. The molecule has 2 heteroatoms. The van der Waals surface area contributed by atoms with Gasteiger partial charge in [-0.15, -0.1) is 0 Å². The Kier molecular flexibility index (Phi) is 4.37. The lowest BCUT2D eigenvalue weighted by Gasteiger charge is -2.25. The molecule has 0 amide bonds. The Labute approximate surface area is 98.4 Å². The van der Waals surface area contributed by atoms with Crippen LogP contribution in [0.2, 0.25) is 0 Å². The van der Waals surface area contributed by atoms with Crippen molar-refractivity contribution in [1.82, 2.24) is 10.6 Å². The van der Waals surface area contributed by atoms with E-state index < -0.39 is 0 Å². The highest BCUT2D eigenvalue weighted by Gasteiger charge is 2.13. The molecule has 0 saturated carbocycles. The van der Waals surface area contributed by atoms with Gasteiger partial charge in [0.25, 0.3) is 0 Å². The second-order valence-electron chi connectivity index (χ2n) is 4.69. The summed E-state index contributed by atoms with van der Waals surface area (Å²) in [6, 6.07) is 11.8. The molecule has 1 aliphatic rings. The fraction of sp³-hybridized carbons (Fsp3) is 0.571. The molecule has 1 heterocycles. The Hall–Kier alpha value is -0.860. The lowest BCUT2D eigenvalue weighted by molar-refractivity contribution is 0.371. The molecule has 0 aromatic heterocycles. The van der Waals surface area contributed by atoms with Gasteiger partial charge in [0.2, 0.25) is 0 Å². The summed E-state index contributed by atoms with van der Waals surface area (Å²) >= 11 is 0. The Morgan fingerprint density at radius 3 is 2.81 bits per heavy atom. The van der Waals surface area contributed by atoms with Crippen LogP contribution in [0.3, 0.4) is 0 Å². The van der Waals surface area contributed by atoms with Crippen LogP contribution in [0.1, 0.15) is 37.8 Å². The fourth-order valence-corrected chi connectivity index (χ4v) is 2.28. The third-order valence-electron chi connectivity index (χ3n) is 3.38. The molecule has 0 radical (unpaired) electrons. The molecule has 16 heavy (non-hydrogen) atoms. The minimum atomic E-state index is 0.449. The predicted molar refractivity (Wildman–Crippen MR) is 68.5 cm³/mol. The topological polar surface area (TPSA) is 24.1 Å². The average molecular weight is 218 g/mol. The summed E-state index contributed by atoms with van der Waals surface area (Å²) in [4.78, 5) is 0. The zero-order valence-electron chi connectivity index (χ0n) is 10.1. The van der Waals surface area contributed by atoms with Crippen LogP contribution < -0.4 is 10.6 Å². The van der Waals surface area contributed by atoms with Crippen molar-refractivity contribution in [1.29, 1.82) is 0 Å². The maximum absolute atomic E-state index is 3.61. The van der Waals surface area contributed by atoms with E-state index in [1.807, 2.05) is 0 Å². The number of rotatable bonds is 4. The molecule has 88 valence electrons. The first kappa shape index (κ1) is 11.6. The monoisotopic (exact) mass is 218 g/mol. The zero-order valence-corrected chi connectivity index (χ0v) is 10.1. The van der Waals surface area contributed by atoms with Gasteiger partial charge >= 0.3 is 0 Å². The van der Waals surface area contributed by atoms with Crippen molar-refractivity contribution in [2.45, 2.75) is 38.3 Å². The molecule has 0 aliphatic carbocycles. The third-order valence-corrected chi connectivity index (χ3v) is 3.38. The minimum absolute atomic E-state index is 0.449. The van der Waals surface area contributed by atoms with E-state index in [0.717, 1.165) is 6.54 Å². The van der Waals surface area contributed by atoms with Gasteiger partial charge in [0.15, 0.2) is 0 Å². The van der Waals surface area contributed by atoms with Gasteiger partial charge in [-0.3, -0.25) is 0 Å². The highest BCUT2D eigenvalue weighted by Crippen LogP contribution is 2.12. The van der Waals surface area contributed by atoms with Gasteiger partial charge in [-0.2, -0.15) is 0 Å². The van der Waals surface area contributed by atoms with Crippen LogP contribution in [0.15, 0.2) is 30.3 Å². The molecule has 1 fully saturated rings. The predicted octanol–water partition coefficient (Wildman–Crippen LogP) is 2.48. The fourth-order valence-electron chi connectivity index (χ4n) is 2.28. The molecular formula is C14H22N2. The van der Waals surface area contributed by atoms with Gasteiger partial charge in [0, 0.05) is 18.6 Å². The van der Waals surface area contributed by atoms with E-state index in [1.165, 1.54) is 31.4 Å². The second-order valence-corrected chi connectivity index (χ2v) is 4.69. The van der Waals surface area contributed by atoms with Crippen LogP contribution in [-0.4, -0.2) is 19.1 Å². The molecule has 1 aliphatic heterocycles. The molecule has 1 saturated heterocycles. The van der Waals surface area contributed by atoms with Crippen molar-refractivity contribution >= 4 is 0 Å². The smallest absolute Gasteiger partial charge is 0.0292 e. The van der Waals surface area contributed by atoms with Crippen LogP contribution in [0, 0.1) is 0 Å². The molecule has 2 nitrogen and oxygen atoms in total. The standard InChI is InChI=1S/C14H22N2/c1-12(13-7-3-2-4-8-13)16-11-14-9-5-6-10-15-14/h2-4,7-8,12,14-16H,5-6,9-11H2,1H3. The average Bonchev–Trinajstić information content (AvgIpc) is 2.38. The lowest BCUT2D eigenvalue weighted by Crippen LogP contribution is -2.42. The molecular weight excluding hydrogens is 196 g/mol.